The molecule has 1 rings (SSSR count). The average molecular weight is 158 g/mol. The smallest absolute Gasteiger partial charge is 0.0207 e. The molecule has 1 fully saturated rings. The van der Waals surface area contributed by atoms with E-state index in [4.69, 9.17) is 18.2 Å². The molecule has 2 heteroatoms. The summed E-state index contributed by atoms with van der Waals surface area (Å²) in [7, 11) is 0. The lowest BCUT2D eigenvalue weighted by Gasteiger charge is -2.17. The van der Waals surface area contributed by atoms with Crippen LogP contribution in [0.5, 0.6) is 0 Å². The Labute approximate surface area is 62.5 Å². The van der Waals surface area contributed by atoms with Gasteiger partial charge in [0.1, 0.15) is 0 Å². The third-order valence-corrected chi connectivity index (χ3v) is 4.70. The van der Waals surface area contributed by atoms with Crippen molar-refractivity contribution in [2.24, 2.45) is 5.92 Å². The first kappa shape index (κ1) is 7.32. The molecule has 1 heterocycles. The van der Waals surface area contributed by atoms with Gasteiger partial charge in [-0.2, -0.15) is 0 Å². The zero-order valence-electron chi connectivity index (χ0n) is 5.39. The van der Waals surface area contributed by atoms with E-state index in [1.54, 1.807) is 0 Å². The van der Waals surface area contributed by atoms with E-state index < -0.39 is 0 Å². The summed E-state index contributed by atoms with van der Waals surface area (Å²) >= 11 is 5.22. The molecule has 0 atom stereocenters. The molecule has 50 valence electrons. The maximum Gasteiger partial charge on any atom is 0.0207 e. The van der Waals surface area contributed by atoms with Gasteiger partial charge in [-0.25, -0.2) is 0 Å². The molecule has 0 aliphatic carbocycles. The van der Waals surface area contributed by atoms with Gasteiger partial charge in [-0.3, -0.25) is 0 Å². The predicted molar refractivity (Wildman–Crippen MR) is 47.0 cm³/mol. The maximum absolute atomic E-state index is 5.28. The summed E-state index contributed by atoms with van der Waals surface area (Å²) in [6, 6.07) is 0. The third kappa shape index (κ3) is 2.12. The molecule has 0 aromatic rings. The summed E-state index contributed by atoms with van der Waals surface area (Å²) in [5, 5.41) is 0. The molecule has 0 bridgehead atoms. The highest BCUT2D eigenvalue weighted by molar-refractivity contribution is 8.05. The molecule has 0 aromatic heterocycles. The van der Waals surface area contributed by atoms with Crippen molar-refractivity contribution < 1.29 is 0 Å². The zero-order valence-corrected chi connectivity index (χ0v) is 7.21. The minimum absolute atomic E-state index is 0.348. The molecule has 1 saturated heterocycles. The van der Waals surface area contributed by atoms with E-state index in [9.17, 15) is 0 Å². The minimum Gasteiger partial charge on any atom is -0.120 e. The Morgan fingerprint density at radius 3 is 2.44 bits per heavy atom. The summed E-state index contributed by atoms with van der Waals surface area (Å²) in [5.41, 5.74) is 0. The van der Waals surface area contributed by atoms with Crippen molar-refractivity contribution in [3.8, 4) is 12.3 Å². The van der Waals surface area contributed by atoms with Crippen LogP contribution in [0.15, 0.2) is 0 Å². The number of hydrogen-bond donors (Lipinski definition) is 0. The van der Waals surface area contributed by atoms with Crippen molar-refractivity contribution in [1.29, 1.82) is 0 Å². The van der Waals surface area contributed by atoms with Gasteiger partial charge >= 0.3 is 0 Å². The lowest BCUT2D eigenvalue weighted by atomic mass is 10.1. The summed E-state index contributed by atoms with van der Waals surface area (Å²) in [4.78, 5) is 0. The fourth-order valence-corrected chi connectivity index (χ4v) is 3.40. The normalized spacial score (nSPS) is 35.4. The lowest BCUT2D eigenvalue weighted by molar-refractivity contribution is 0.619. The lowest BCUT2D eigenvalue weighted by Crippen LogP contribution is -2.06. The number of terminal acetylenes is 1. The van der Waals surface area contributed by atoms with Crippen LogP contribution in [0.2, 0.25) is 0 Å². The molecule has 0 nitrogen and oxygen atoms in total. The molecule has 0 spiro atoms. The number of rotatable bonds is 0. The predicted octanol–water partition coefficient (Wildman–Crippen LogP) is 1.71. The van der Waals surface area contributed by atoms with Crippen LogP contribution in [0.25, 0.3) is 0 Å². The van der Waals surface area contributed by atoms with Crippen LogP contribution in [-0.2, 0) is 11.8 Å². The van der Waals surface area contributed by atoms with E-state index in [1.165, 1.54) is 25.2 Å². The Morgan fingerprint density at radius 1 is 1.44 bits per heavy atom. The molecule has 0 radical (unpaired) electrons. The quantitative estimate of drug-likeness (QED) is 0.382. The molecule has 1 aliphatic rings. The summed E-state index contributed by atoms with van der Waals surface area (Å²) in [6.45, 7) is -0.348. The van der Waals surface area contributed by atoms with Gasteiger partial charge in [-0.05, 0) is 25.2 Å². The average Bonchev–Trinajstić information content (AvgIpc) is 1.90. The molecule has 1 aliphatic heterocycles. The Kier molecular flexibility index (Phi) is 2.76. The van der Waals surface area contributed by atoms with Gasteiger partial charge in [0.25, 0.3) is 0 Å². The Bertz CT molecular complexity index is 147. The second kappa shape index (κ2) is 3.40. The summed E-state index contributed by atoms with van der Waals surface area (Å²) in [5.74, 6) is 3.35. The third-order valence-electron chi connectivity index (χ3n) is 1.78. The van der Waals surface area contributed by atoms with Crippen molar-refractivity contribution in [1.82, 2.24) is 0 Å². The van der Waals surface area contributed by atoms with E-state index in [1.807, 2.05) is 0 Å². The van der Waals surface area contributed by atoms with Crippen molar-refractivity contribution in [3.05, 3.63) is 0 Å². The van der Waals surface area contributed by atoms with Crippen LogP contribution in [0.4, 0.5) is 0 Å². The molecule has 0 amide bonds. The molecule has 0 aromatic carbocycles. The maximum atomic E-state index is 5.28. The van der Waals surface area contributed by atoms with Gasteiger partial charge in [0.2, 0.25) is 0 Å². The first-order valence-corrected chi connectivity index (χ1v) is 6.35. The van der Waals surface area contributed by atoms with Crippen molar-refractivity contribution in [3.63, 3.8) is 0 Å². The van der Waals surface area contributed by atoms with E-state index >= 15 is 0 Å². The number of hydrogen-bond acceptors (Lipinski definition) is 1. The van der Waals surface area contributed by atoms with Crippen LogP contribution < -0.4 is 0 Å². The Balaban J connectivity index is 2.37. The van der Waals surface area contributed by atoms with Gasteiger partial charge in [-0.15, -0.1) is 24.2 Å². The molecular weight excluding hydrogens is 147 g/mol. The van der Waals surface area contributed by atoms with Crippen LogP contribution in [0.1, 0.15) is 12.8 Å². The highest BCUT2D eigenvalue weighted by atomic mass is 32.4. The van der Waals surface area contributed by atoms with Gasteiger partial charge < -0.3 is 0 Å². The fourth-order valence-electron chi connectivity index (χ4n) is 1.11. The highest BCUT2D eigenvalue weighted by Gasteiger charge is 2.12. The van der Waals surface area contributed by atoms with E-state index in [0.717, 1.165) is 0 Å². The van der Waals surface area contributed by atoms with E-state index in [0.29, 0.717) is 5.92 Å². The second-order valence-electron chi connectivity index (χ2n) is 2.48. The first-order chi connectivity index (χ1) is 4.33. The highest BCUT2D eigenvalue weighted by Crippen LogP contribution is 2.32. The van der Waals surface area contributed by atoms with Gasteiger partial charge in [0, 0.05) is 5.92 Å². The van der Waals surface area contributed by atoms with Crippen LogP contribution in [-0.4, -0.2) is 12.3 Å². The Morgan fingerprint density at radius 2 is 2.00 bits per heavy atom. The fraction of sp³-hybridized carbons (Fsp3) is 0.714. The SMILES string of the molecule is C#CC1CC[PH](=S)CC1. The topological polar surface area (TPSA) is 0 Å². The van der Waals surface area contributed by atoms with E-state index in [2.05, 4.69) is 5.92 Å². The van der Waals surface area contributed by atoms with E-state index in [-0.39, 0.29) is 6.70 Å². The van der Waals surface area contributed by atoms with Gasteiger partial charge in [0.05, 0.1) is 0 Å². The molecular formula is C7H11PS. The Hall–Kier alpha value is 0.210. The van der Waals surface area contributed by atoms with Crippen molar-refractivity contribution in [2.45, 2.75) is 12.8 Å². The van der Waals surface area contributed by atoms with Gasteiger partial charge in [0.15, 0.2) is 0 Å². The second-order valence-corrected chi connectivity index (χ2v) is 6.29. The standard InChI is InChI=1S/C7H11PS/c1-2-7-3-5-8(9)6-4-7/h1,7-8H,3-6H2. The first-order valence-electron chi connectivity index (χ1n) is 3.31. The van der Waals surface area contributed by atoms with Gasteiger partial charge in [-0.1, -0.05) is 6.70 Å². The molecule has 0 saturated carbocycles. The van der Waals surface area contributed by atoms with Crippen molar-refractivity contribution in [2.75, 3.05) is 12.3 Å². The minimum atomic E-state index is -0.348. The van der Waals surface area contributed by atoms with Crippen LogP contribution >= 0.6 is 6.70 Å². The zero-order chi connectivity index (χ0) is 6.69. The molecule has 0 unspecified atom stereocenters. The molecule has 0 N–H and O–H groups in total. The van der Waals surface area contributed by atoms with Crippen LogP contribution in [0.3, 0.4) is 0 Å². The van der Waals surface area contributed by atoms with Crippen LogP contribution in [0, 0.1) is 18.3 Å². The monoisotopic (exact) mass is 158 g/mol. The van der Waals surface area contributed by atoms with Crippen molar-refractivity contribution >= 4 is 18.5 Å². The summed E-state index contributed by atoms with van der Waals surface area (Å²) < 4.78 is 0. The summed E-state index contributed by atoms with van der Waals surface area (Å²) in [6.07, 6.45) is 10.2. The largest absolute Gasteiger partial charge is 0.120 e. The molecule has 9 heavy (non-hydrogen) atoms.